The van der Waals surface area contributed by atoms with Gasteiger partial charge in [-0.05, 0) is 43.0 Å². The van der Waals surface area contributed by atoms with Crippen LogP contribution in [-0.4, -0.2) is 24.9 Å². The number of benzene rings is 2. The lowest BCUT2D eigenvalue weighted by Crippen LogP contribution is -2.32. The molecular weight excluding hydrogens is 326 g/mol. The number of unbranched alkanes of at least 4 members (excludes halogenated alkanes) is 2. The molecule has 0 fully saturated rings. The molecule has 0 saturated carbocycles. The zero-order valence-electron chi connectivity index (χ0n) is 15.0. The van der Waals surface area contributed by atoms with E-state index in [0.29, 0.717) is 13.0 Å². The SMILES string of the molecule is NCCCCCC(=O)NCC(=O)Nc1ccccc1Cc1ccccc1. The third kappa shape index (κ3) is 7.07. The first-order valence-corrected chi connectivity index (χ1v) is 9.07. The van der Waals surface area contributed by atoms with Crippen LogP contribution in [0.25, 0.3) is 0 Å². The average Bonchev–Trinajstić information content (AvgIpc) is 2.66. The average molecular weight is 353 g/mol. The fraction of sp³-hybridized carbons (Fsp3) is 0.333. The molecule has 0 spiro atoms. The Morgan fingerprint density at radius 3 is 2.35 bits per heavy atom. The molecule has 0 aromatic heterocycles. The first-order chi connectivity index (χ1) is 12.7. The summed E-state index contributed by atoms with van der Waals surface area (Å²) in [6.45, 7) is 0.627. The van der Waals surface area contributed by atoms with Gasteiger partial charge in [-0.25, -0.2) is 0 Å². The Balaban J connectivity index is 1.82. The van der Waals surface area contributed by atoms with Crippen LogP contribution in [0.4, 0.5) is 5.69 Å². The minimum absolute atomic E-state index is 0.0185. The molecule has 0 radical (unpaired) electrons. The van der Waals surface area contributed by atoms with E-state index in [1.165, 1.54) is 5.56 Å². The van der Waals surface area contributed by atoms with Crippen molar-refractivity contribution in [3.05, 3.63) is 65.7 Å². The molecule has 4 N–H and O–H groups in total. The summed E-state index contributed by atoms with van der Waals surface area (Å²) < 4.78 is 0. The number of para-hydroxylation sites is 1. The molecule has 0 saturated heterocycles. The highest BCUT2D eigenvalue weighted by Crippen LogP contribution is 2.19. The quantitative estimate of drug-likeness (QED) is 0.574. The van der Waals surface area contributed by atoms with Crippen molar-refractivity contribution in [1.82, 2.24) is 5.32 Å². The van der Waals surface area contributed by atoms with E-state index >= 15 is 0 Å². The molecule has 2 amide bonds. The summed E-state index contributed by atoms with van der Waals surface area (Å²) in [6.07, 6.45) is 3.82. The van der Waals surface area contributed by atoms with Crippen molar-refractivity contribution in [2.75, 3.05) is 18.4 Å². The molecule has 0 aliphatic heterocycles. The van der Waals surface area contributed by atoms with Gasteiger partial charge in [0.05, 0.1) is 6.54 Å². The number of anilines is 1. The highest BCUT2D eigenvalue weighted by molar-refractivity contribution is 5.95. The van der Waals surface area contributed by atoms with Gasteiger partial charge >= 0.3 is 0 Å². The lowest BCUT2D eigenvalue weighted by Gasteiger charge is -2.12. The standard InChI is InChI=1S/C21H27N3O2/c22-14-8-2-5-13-20(25)23-16-21(26)24-19-12-7-6-11-18(19)15-17-9-3-1-4-10-17/h1,3-4,6-7,9-12H,2,5,8,13-16,22H2,(H,23,25)(H,24,26). The van der Waals surface area contributed by atoms with Crippen molar-refractivity contribution in [2.24, 2.45) is 5.73 Å². The highest BCUT2D eigenvalue weighted by Gasteiger charge is 2.09. The molecule has 0 unspecified atom stereocenters. The van der Waals surface area contributed by atoms with Gasteiger partial charge in [0, 0.05) is 12.1 Å². The molecule has 5 nitrogen and oxygen atoms in total. The van der Waals surface area contributed by atoms with Gasteiger partial charge in [-0.3, -0.25) is 9.59 Å². The first-order valence-electron chi connectivity index (χ1n) is 9.07. The van der Waals surface area contributed by atoms with Gasteiger partial charge in [0.2, 0.25) is 11.8 Å². The summed E-state index contributed by atoms with van der Waals surface area (Å²) in [7, 11) is 0. The monoisotopic (exact) mass is 353 g/mol. The molecule has 0 heterocycles. The molecule has 0 bridgehead atoms. The number of hydrogen-bond donors (Lipinski definition) is 3. The molecule has 26 heavy (non-hydrogen) atoms. The van der Waals surface area contributed by atoms with Gasteiger partial charge in [-0.15, -0.1) is 0 Å². The number of nitrogens with one attached hydrogen (secondary N) is 2. The second-order valence-electron chi connectivity index (χ2n) is 6.24. The number of amides is 2. The minimum Gasteiger partial charge on any atom is -0.347 e. The fourth-order valence-electron chi connectivity index (χ4n) is 2.68. The molecule has 2 rings (SSSR count). The van der Waals surface area contributed by atoms with E-state index in [-0.39, 0.29) is 18.4 Å². The summed E-state index contributed by atoms with van der Waals surface area (Å²) in [4.78, 5) is 23.9. The predicted octanol–water partition coefficient (Wildman–Crippen LogP) is 2.85. The van der Waals surface area contributed by atoms with E-state index in [2.05, 4.69) is 22.8 Å². The van der Waals surface area contributed by atoms with E-state index in [0.717, 1.165) is 36.9 Å². The van der Waals surface area contributed by atoms with E-state index in [1.54, 1.807) is 0 Å². The van der Waals surface area contributed by atoms with E-state index < -0.39 is 0 Å². The lowest BCUT2D eigenvalue weighted by molar-refractivity contribution is -0.124. The molecule has 2 aromatic rings. The number of rotatable bonds is 10. The molecule has 2 aromatic carbocycles. The van der Waals surface area contributed by atoms with Crippen molar-refractivity contribution >= 4 is 17.5 Å². The summed E-state index contributed by atoms with van der Waals surface area (Å²) in [6, 6.07) is 17.8. The van der Waals surface area contributed by atoms with Crippen molar-refractivity contribution in [1.29, 1.82) is 0 Å². The van der Waals surface area contributed by atoms with Crippen LogP contribution in [-0.2, 0) is 16.0 Å². The number of carbonyl (C=O) groups is 2. The van der Waals surface area contributed by atoms with E-state index in [9.17, 15) is 9.59 Å². The normalized spacial score (nSPS) is 10.3. The van der Waals surface area contributed by atoms with Crippen molar-refractivity contribution in [3.8, 4) is 0 Å². The Kier molecular flexibility index (Phi) is 8.36. The molecule has 0 aliphatic rings. The van der Waals surface area contributed by atoms with Crippen LogP contribution >= 0.6 is 0 Å². The van der Waals surface area contributed by atoms with Gasteiger partial charge in [-0.2, -0.15) is 0 Å². The van der Waals surface area contributed by atoms with Crippen molar-refractivity contribution in [2.45, 2.75) is 32.1 Å². The largest absolute Gasteiger partial charge is 0.347 e. The van der Waals surface area contributed by atoms with Crippen LogP contribution in [0.1, 0.15) is 36.8 Å². The zero-order chi connectivity index (χ0) is 18.6. The maximum absolute atomic E-state index is 12.2. The van der Waals surface area contributed by atoms with Crippen LogP contribution in [0.2, 0.25) is 0 Å². The predicted molar refractivity (Wildman–Crippen MR) is 105 cm³/mol. The van der Waals surface area contributed by atoms with Gasteiger partial charge in [-0.1, -0.05) is 55.0 Å². The first kappa shape index (κ1) is 19.7. The van der Waals surface area contributed by atoms with Gasteiger partial charge in [0.25, 0.3) is 0 Å². The Labute approximate surface area is 155 Å². The fourth-order valence-corrected chi connectivity index (χ4v) is 2.68. The van der Waals surface area contributed by atoms with Crippen LogP contribution in [0.15, 0.2) is 54.6 Å². The summed E-state index contributed by atoms with van der Waals surface area (Å²) in [5, 5.41) is 5.56. The second-order valence-corrected chi connectivity index (χ2v) is 6.24. The maximum atomic E-state index is 12.2. The van der Waals surface area contributed by atoms with E-state index in [4.69, 9.17) is 5.73 Å². The molecule has 138 valence electrons. The molecule has 0 atom stereocenters. The maximum Gasteiger partial charge on any atom is 0.243 e. The molecule has 0 aliphatic carbocycles. The smallest absolute Gasteiger partial charge is 0.243 e. The number of carbonyl (C=O) groups excluding carboxylic acids is 2. The van der Waals surface area contributed by atoms with Gasteiger partial charge in [0.1, 0.15) is 0 Å². The highest BCUT2D eigenvalue weighted by atomic mass is 16.2. The Bertz CT molecular complexity index is 701. The summed E-state index contributed by atoms with van der Waals surface area (Å²) in [5.41, 5.74) is 8.42. The Morgan fingerprint density at radius 1 is 0.846 bits per heavy atom. The van der Waals surface area contributed by atoms with Crippen molar-refractivity contribution < 1.29 is 9.59 Å². The van der Waals surface area contributed by atoms with Gasteiger partial charge < -0.3 is 16.4 Å². The third-order valence-corrected chi connectivity index (χ3v) is 4.08. The third-order valence-electron chi connectivity index (χ3n) is 4.08. The van der Waals surface area contributed by atoms with Crippen LogP contribution in [0.3, 0.4) is 0 Å². The van der Waals surface area contributed by atoms with Crippen molar-refractivity contribution in [3.63, 3.8) is 0 Å². The number of hydrogen-bond acceptors (Lipinski definition) is 3. The molecule has 5 heteroatoms. The summed E-state index contributed by atoms with van der Waals surface area (Å²) >= 11 is 0. The van der Waals surface area contributed by atoms with Crippen LogP contribution in [0, 0.1) is 0 Å². The number of nitrogens with two attached hydrogens (primary N) is 1. The van der Waals surface area contributed by atoms with E-state index in [1.807, 2.05) is 42.5 Å². The Hall–Kier alpha value is -2.66. The molecular formula is C21H27N3O2. The Morgan fingerprint density at radius 2 is 1.58 bits per heavy atom. The minimum atomic E-state index is -0.221. The topological polar surface area (TPSA) is 84.2 Å². The second kappa shape index (κ2) is 11.1. The van der Waals surface area contributed by atoms with Crippen LogP contribution in [0.5, 0.6) is 0 Å². The van der Waals surface area contributed by atoms with Gasteiger partial charge in [0.15, 0.2) is 0 Å². The summed E-state index contributed by atoms with van der Waals surface area (Å²) in [5.74, 6) is -0.324. The lowest BCUT2D eigenvalue weighted by atomic mass is 10.0. The zero-order valence-corrected chi connectivity index (χ0v) is 15.0. The van der Waals surface area contributed by atoms with Crippen LogP contribution < -0.4 is 16.4 Å².